The maximum Gasteiger partial charge on any atom is 0.411 e. The number of methoxy groups -OCH3 is 1. The molecule has 2 bridgehead atoms. The molecule has 2 aliphatic rings. The average molecular weight is 367 g/mol. The van der Waals surface area contributed by atoms with Crippen LogP contribution in [0.25, 0.3) is 0 Å². The Balaban J connectivity index is 1.74. The summed E-state index contributed by atoms with van der Waals surface area (Å²) in [6.45, 7) is 1.86. The molecule has 1 aromatic carbocycles. The molecule has 25 heavy (non-hydrogen) atoms. The molecule has 6 nitrogen and oxygen atoms in total. The molecule has 3 rings (SSSR count). The van der Waals surface area contributed by atoms with Crippen molar-refractivity contribution in [2.24, 2.45) is 5.92 Å². The summed E-state index contributed by atoms with van der Waals surface area (Å²) in [7, 11) is 3.38. The highest BCUT2D eigenvalue weighted by Gasteiger charge is 2.51. The van der Waals surface area contributed by atoms with Crippen LogP contribution in [0.15, 0.2) is 18.2 Å². The predicted octanol–water partition coefficient (Wildman–Crippen LogP) is 3.22. The van der Waals surface area contributed by atoms with Crippen LogP contribution in [0.4, 0.5) is 10.5 Å². The van der Waals surface area contributed by atoms with E-state index in [4.69, 9.17) is 21.1 Å². The predicted molar refractivity (Wildman–Crippen MR) is 94.8 cm³/mol. The second-order valence-electron chi connectivity index (χ2n) is 6.75. The minimum atomic E-state index is -0.598. The molecular weight excluding hydrogens is 344 g/mol. The van der Waals surface area contributed by atoms with Crippen LogP contribution in [0.3, 0.4) is 0 Å². The van der Waals surface area contributed by atoms with Crippen LogP contribution in [-0.2, 0) is 14.3 Å². The van der Waals surface area contributed by atoms with Gasteiger partial charge in [-0.1, -0.05) is 23.7 Å². The summed E-state index contributed by atoms with van der Waals surface area (Å²) < 4.78 is 10.6. The summed E-state index contributed by atoms with van der Waals surface area (Å²) in [4.78, 5) is 26.9. The number of ether oxygens (including phenoxy) is 2. The number of piperidine rings is 1. The highest BCUT2D eigenvalue weighted by molar-refractivity contribution is 6.33. The Morgan fingerprint density at radius 1 is 1.32 bits per heavy atom. The van der Waals surface area contributed by atoms with Crippen molar-refractivity contribution in [3.8, 4) is 0 Å². The van der Waals surface area contributed by atoms with Gasteiger partial charge in [0.05, 0.1) is 17.8 Å². The SMILES string of the molecule is COC(=O)[C@H]1[C@@H](OC(=O)Nc2c(C)cccc2Cl)C[C@@H]2CC[C@H]1N2C. The van der Waals surface area contributed by atoms with Crippen molar-refractivity contribution in [2.75, 3.05) is 19.5 Å². The van der Waals surface area contributed by atoms with E-state index in [9.17, 15) is 9.59 Å². The number of para-hydroxylation sites is 1. The number of hydrogen-bond acceptors (Lipinski definition) is 5. The van der Waals surface area contributed by atoms with E-state index in [0.29, 0.717) is 23.2 Å². The number of amides is 1. The lowest BCUT2D eigenvalue weighted by molar-refractivity contribution is -0.155. The quantitative estimate of drug-likeness (QED) is 0.832. The minimum absolute atomic E-state index is 0.0473. The van der Waals surface area contributed by atoms with Crippen LogP contribution in [0.1, 0.15) is 24.8 Å². The number of carbonyl (C=O) groups is 2. The maximum absolute atomic E-state index is 12.4. The van der Waals surface area contributed by atoms with E-state index in [0.717, 1.165) is 18.4 Å². The van der Waals surface area contributed by atoms with Gasteiger partial charge in [-0.3, -0.25) is 15.0 Å². The topological polar surface area (TPSA) is 67.9 Å². The number of nitrogens with one attached hydrogen (secondary N) is 1. The lowest BCUT2D eigenvalue weighted by Gasteiger charge is -2.40. The molecule has 1 N–H and O–H groups in total. The molecule has 2 heterocycles. The standard InChI is InChI=1S/C18H23ClN2O4/c1-10-5-4-6-12(19)16(10)20-18(23)25-14-9-11-7-8-13(21(11)2)15(14)17(22)24-3/h4-6,11,13-15H,7-9H2,1-3H3,(H,20,23)/t11-,13+,14-,15+/m0/s1. The van der Waals surface area contributed by atoms with Gasteiger partial charge in [-0.15, -0.1) is 0 Å². The fourth-order valence-electron chi connectivity index (χ4n) is 4.05. The van der Waals surface area contributed by atoms with Crippen molar-refractivity contribution < 1.29 is 19.1 Å². The highest BCUT2D eigenvalue weighted by Crippen LogP contribution is 2.40. The largest absolute Gasteiger partial charge is 0.469 e. The highest BCUT2D eigenvalue weighted by atomic mass is 35.5. The molecular formula is C18H23ClN2O4. The van der Waals surface area contributed by atoms with Crippen LogP contribution < -0.4 is 5.32 Å². The smallest absolute Gasteiger partial charge is 0.411 e. The van der Waals surface area contributed by atoms with Crippen LogP contribution in [0.5, 0.6) is 0 Å². The number of fused-ring (bicyclic) bond motifs is 2. The van der Waals surface area contributed by atoms with E-state index < -0.39 is 18.1 Å². The normalized spacial score (nSPS) is 28.5. The van der Waals surface area contributed by atoms with Crippen molar-refractivity contribution in [1.29, 1.82) is 0 Å². The van der Waals surface area contributed by atoms with Crippen molar-refractivity contribution >= 4 is 29.4 Å². The van der Waals surface area contributed by atoms with Crippen molar-refractivity contribution in [3.63, 3.8) is 0 Å². The molecule has 0 saturated carbocycles. The fraction of sp³-hybridized carbons (Fsp3) is 0.556. The molecule has 4 atom stereocenters. The van der Waals surface area contributed by atoms with Crippen LogP contribution in [0.2, 0.25) is 5.02 Å². The molecule has 2 aliphatic heterocycles. The van der Waals surface area contributed by atoms with Gasteiger partial charge in [0.1, 0.15) is 12.0 Å². The molecule has 7 heteroatoms. The lowest BCUT2D eigenvalue weighted by atomic mass is 9.87. The number of hydrogen-bond donors (Lipinski definition) is 1. The molecule has 2 fully saturated rings. The summed E-state index contributed by atoms with van der Waals surface area (Å²) >= 11 is 6.14. The Kier molecular flexibility index (Phi) is 5.20. The first-order valence-corrected chi connectivity index (χ1v) is 8.82. The third-order valence-corrected chi connectivity index (χ3v) is 5.71. The Morgan fingerprint density at radius 2 is 2.08 bits per heavy atom. The summed E-state index contributed by atoms with van der Waals surface area (Å²) in [5.74, 6) is -0.796. The molecule has 0 aliphatic carbocycles. The molecule has 136 valence electrons. The van der Waals surface area contributed by atoms with Gasteiger partial charge in [0.2, 0.25) is 0 Å². The third kappa shape index (κ3) is 3.46. The number of nitrogens with zero attached hydrogens (tertiary/aromatic N) is 1. The van der Waals surface area contributed by atoms with E-state index in [1.807, 2.05) is 26.1 Å². The summed E-state index contributed by atoms with van der Waals surface area (Å²) in [6.07, 6.45) is 1.44. The van der Waals surface area contributed by atoms with E-state index in [2.05, 4.69) is 10.2 Å². The van der Waals surface area contributed by atoms with E-state index in [-0.39, 0.29) is 12.0 Å². The second-order valence-corrected chi connectivity index (χ2v) is 7.16. The Labute approximate surface area is 152 Å². The monoisotopic (exact) mass is 366 g/mol. The Bertz CT molecular complexity index is 661. The molecule has 1 aromatic rings. The van der Waals surface area contributed by atoms with Gasteiger partial charge >= 0.3 is 12.1 Å². The minimum Gasteiger partial charge on any atom is -0.469 e. The number of halogens is 1. The third-order valence-electron chi connectivity index (χ3n) is 5.39. The van der Waals surface area contributed by atoms with E-state index in [1.54, 1.807) is 6.07 Å². The van der Waals surface area contributed by atoms with Gasteiger partial charge in [0, 0.05) is 18.5 Å². The van der Waals surface area contributed by atoms with Crippen molar-refractivity contribution in [3.05, 3.63) is 28.8 Å². The van der Waals surface area contributed by atoms with Crippen LogP contribution in [-0.4, -0.2) is 49.3 Å². The van der Waals surface area contributed by atoms with Gasteiger partial charge in [-0.25, -0.2) is 4.79 Å². The molecule has 0 unspecified atom stereocenters. The molecule has 1 amide bonds. The number of benzene rings is 1. The van der Waals surface area contributed by atoms with Crippen LogP contribution in [0, 0.1) is 12.8 Å². The number of carbonyl (C=O) groups excluding carboxylic acids is 2. The van der Waals surface area contributed by atoms with Gasteiger partial charge < -0.3 is 9.47 Å². The zero-order valence-electron chi connectivity index (χ0n) is 14.6. The maximum atomic E-state index is 12.4. The lowest BCUT2D eigenvalue weighted by Crippen LogP contribution is -2.53. The van der Waals surface area contributed by atoms with Crippen molar-refractivity contribution in [1.82, 2.24) is 4.90 Å². The first kappa shape index (κ1) is 18.0. The Morgan fingerprint density at radius 3 is 2.76 bits per heavy atom. The summed E-state index contributed by atoms with van der Waals surface area (Å²) in [5.41, 5.74) is 1.37. The van der Waals surface area contributed by atoms with Crippen molar-refractivity contribution in [2.45, 2.75) is 44.4 Å². The number of anilines is 1. The summed E-state index contributed by atoms with van der Waals surface area (Å²) in [6, 6.07) is 5.75. The molecule has 0 radical (unpaired) electrons. The number of esters is 1. The average Bonchev–Trinajstić information content (AvgIpc) is 2.81. The van der Waals surface area contributed by atoms with Gasteiger partial charge in [-0.2, -0.15) is 0 Å². The van der Waals surface area contributed by atoms with E-state index >= 15 is 0 Å². The van der Waals surface area contributed by atoms with Gasteiger partial charge in [-0.05, 0) is 38.4 Å². The molecule has 0 aromatic heterocycles. The fourth-order valence-corrected chi connectivity index (χ4v) is 4.32. The zero-order chi connectivity index (χ0) is 18.1. The van der Waals surface area contributed by atoms with Crippen LogP contribution >= 0.6 is 11.6 Å². The van der Waals surface area contributed by atoms with Gasteiger partial charge in [0.25, 0.3) is 0 Å². The Hall–Kier alpha value is -1.79. The summed E-state index contributed by atoms with van der Waals surface area (Å²) in [5, 5.41) is 3.15. The van der Waals surface area contributed by atoms with E-state index in [1.165, 1.54) is 7.11 Å². The number of rotatable bonds is 3. The molecule has 0 spiro atoms. The number of aryl methyl sites for hydroxylation is 1. The zero-order valence-corrected chi connectivity index (χ0v) is 15.4. The molecule has 2 saturated heterocycles. The second kappa shape index (κ2) is 7.22. The first-order valence-electron chi connectivity index (χ1n) is 8.45. The van der Waals surface area contributed by atoms with Gasteiger partial charge in [0.15, 0.2) is 0 Å². The first-order chi connectivity index (χ1) is 11.9.